The lowest BCUT2D eigenvalue weighted by Crippen LogP contribution is -2.48. The number of H-pyrrole nitrogens is 1. The molecule has 11 heteroatoms. The van der Waals surface area contributed by atoms with Crippen LogP contribution in [0.1, 0.15) is 138 Å². The molecule has 0 amide bonds. The van der Waals surface area contributed by atoms with Gasteiger partial charge in [0, 0.05) is 55.2 Å². The number of nitrogens with two attached hydrogens (primary N) is 1. The van der Waals surface area contributed by atoms with Crippen molar-refractivity contribution in [3.05, 3.63) is 106 Å². The number of phenols is 1. The van der Waals surface area contributed by atoms with E-state index in [0.29, 0.717) is 38.2 Å². The van der Waals surface area contributed by atoms with Gasteiger partial charge >= 0.3 is 0 Å². The van der Waals surface area contributed by atoms with E-state index in [4.69, 9.17) is 10.5 Å². The van der Waals surface area contributed by atoms with Gasteiger partial charge in [-0.1, -0.05) is 87.8 Å². The van der Waals surface area contributed by atoms with Crippen molar-refractivity contribution in [2.24, 2.45) is 35.3 Å². The number of fused-ring (bicyclic) bond motifs is 2. The maximum atomic E-state index is 15.0. The number of aryl methyl sites for hydroxylation is 1. The quantitative estimate of drug-likeness (QED) is 0.0563. The molecule has 0 saturated heterocycles. The molecule has 2 heterocycles. The number of allylic oxidation sites excluding steroid dienone is 2. The molecule has 9 N–H and O–H groups in total. The summed E-state index contributed by atoms with van der Waals surface area (Å²) in [5, 5.41) is 52.6. The number of carbonyl (C=O) groups excluding carboxylic acids is 2. The monoisotopic (exact) mass is 903 g/mol. The number of benzene rings is 2. The SMILES string of the molecule is CCC[C@@H]([C@@H]1C[C@@H](CC2=CCNC(N)=C2)C[C@H]2C#C[C@H](c3ccccc3)c3cc(O)c(OC)cc3CCC(=O)[C@H](O)C(=O)[C@H]2C1)[C@H](O)C1(c2cc([C@H](C)CNC[C@H](C)O)c[nH]2)CCCCC1. The minimum atomic E-state index is -1.81. The summed E-state index contributed by atoms with van der Waals surface area (Å²) in [6, 6.07) is 15.6. The van der Waals surface area contributed by atoms with Gasteiger partial charge in [0.2, 0.25) is 0 Å². The van der Waals surface area contributed by atoms with E-state index in [-0.39, 0.29) is 48.0 Å². The number of ketones is 2. The molecule has 2 fully saturated rings. The molecule has 7 rings (SSSR count). The highest BCUT2D eigenvalue weighted by Crippen LogP contribution is 2.51. The zero-order valence-electron chi connectivity index (χ0n) is 39.5. The second-order valence-electron chi connectivity index (χ2n) is 20.0. The summed E-state index contributed by atoms with van der Waals surface area (Å²) in [7, 11) is 1.48. The molecule has 4 aliphatic rings. The highest BCUT2D eigenvalue weighted by atomic mass is 16.5. The Morgan fingerprint density at radius 2 is 1.76 bits per heavy atom. The predicted molar refractivity (Wildman–Crippen MR) is 259 cm³/mol. The highest BCUT2D eigenvalue weighted by Gasteiger charge is 2.49. The zero-order valence-corrected chi connectivity index (χ0v) is 39.5. The first-order valence-corrected chi connectivity index (χ1v) is 24.7. The molecule has 0 radical (unpaired) electrons. The van der Waals surface area contributed by atoms with Crippen LogP contribution in [-0.2, 0) is 21.4 Å². The van der Waals surface area contributed by atoms with E-state index in [1.54, 1.807) is 19.1 Å². The Balaban J connectivity index is 1.32. The zero-order chi connectivity index (χ0) is 47.0. The average molecular weight is 903 g/mol. The van der Waals surface area contributed by atoms with Gasteiger partial charge in [0.25, 0.3) is 0 Å². The third-order valence-corrected chi connectivity index (χ3v) is 15.3. The lowest BCUT2D eigenvalue weighted by Gasteiger charge is -2.46. The number of rotatable bonds is 15. The molecule has 2 saturated carbocycles. The van der Waals surface area contributed by atoms with Crippen LogP contribution in [-0.4, -0.2) is 82.0 Å². The largest absolute Gasteiger partial charge is 0.504 e. The summed E-state index contributed by atoms with van der Waals surface area (Å²) in [6.45, 7) is 7.98. The number of nitrogens with one attached hydrogen (secondary N) is 3. The molecule has 2 aromatic carbocycles. The van der Waals surface area contributed by atoms with Gasteiger partial charge in [0.15, 0.2) is 29.2 Å². The average Bonchev–Trinajstić information content (AvgIpc) is 3.75. The summed E-state index contributed by atoms with van der Waals surface area (Å²) < 4.78 is 5.49. The van der Waals surface area contributed by atoms with Gasteiger partial charge in [-0.2, -0.15) is 0 Å². The number of methoxy groups -OCH3 is 1. The fourth-order valence-electron chi connectivity index (χ4n) is 11.8. The normalized spacial score (nSPS) is 26.5. The molecular formula is C55H74N4O7. The van der Waals surface area contributed by atoms with Crippen molar-refractivity contribution in [2.75, 3.05) is 26.7 Å². The maximum absolute atomic E-state index is 15.0. The molecule has 1 aromatic heterocycles. The molecular weight excluding hydrogens is 829 g/mol. The van der Waals surface area contributed by atoms with E-state index in [1.165, 1.54) is 7.11 Å². The predicted octanol–water partition coefficient (Wildman–Crippen LogP) is 7.43. The van der Waals surface area contributed by atoms with Crippen molar-refractivity contribution >= 4 is 11.6 Å². The lowest BCUT2D eigenvalue weighted by atomic mass is 9.61. The molecule has 1 aliphatic heterocycles. The van der Waals surface area contributed by atoms with E-state index in [0.717, 1.165) is 91.4 Å². The summed E-state index contributed by atoms with van der Waals surface area (Å²) in [6.07, 6.45) is 12.2. The van der Waals surface area contributed by atoms with E-state index < -0.39 is 53.0 Å². The Morgan fingerprint density at radius 3 is 2.47 bits per heavy atom. The number of aromatic nitrogens is 1. The van der Waals surface area contributed by atoms with E-state index in [2.05, 4.69) is 59.6 Å². The summed E-state index contributed by atoms with van der Waals surface area (Å²) >= 11 is 0. The van der Waals surface area contributed by atoms with Crippen LogP contribution in [0.4, 0.5) is 0 Å². The van der Waals surface area contributed by atoms with Crippen molar-refractivity contribution in [3.8, 4) is 23.3 Å². The fraction of sp³-hybridized carbons (Fsp3) is 0.564. The second-order valence-corrected chi connectivity index (χ2v) is 20.0. The Kier molecular flexibility index (Phi) is 16.6. The van der Waals surface area contributed by atoms with Crippen molar-refractivity contribution < 1.29 is 34.8 Å². The molecule has 0 bridgehead atoms. The topological polar surface area (TPSA) is 190 Å². The number of phenolic OH excluding ortho intramolecular Hbond substituents is 1. The third kappa shape index (κ3) is 11.3. The molecule has 3 aromatic rings. The summed E-state index contributed by atoms with van der Waals surface area (Å²) in [4.78, 5) is 32.7. The molecule has 0 unspecified atom stereocenters. The Morgan fingerprint density at radius 1 is 0.985 bits per heavy atom. The van der Waals surface area contributed by atoms with Crippen molar-refractivity contribution in [1.82, 2.24) is 15.6 Å². The first-order valence-electron chi connectivity index (χ1n) is 24.7. The fourth-order valence-corrected chi connectivity index (χ4v) is 11.8. The number of aromatic hydroxyl groups is 1. The van der Waals surface area contributed by atoms with Crippen LogP contribution in [0.2, 0.25) is 0 Å². The van der Waals surface area contributed by atoms with Crippen LogP contribution < -0.4 is 21.1 Å². The van der Waals surface area contributed by atoms with Crippen LogP contribution in [0.3, 0.4) is 0 Å². The molecule has 11 nitrogen and oxygen atoms in total. The smallest absolute Gasteiger partial charge is 0.173 e. The molecule has 356 valence electrons. The van der Waals surface area contributed by atoms with Gasteiger partial charge in [0.05, 0.1) is 31.1 Å². The minimum absolute atomic E-state index is 0.0310. The number of Topliss-reactive ketones (excluding diaryl/α,β-unsaturated/α-hetero) is 2. The highest BCUT2D eigenvalue weighted by molar-refractivity contribution is 6.06. The maximum Gasteiger partial charge on any atom is 0.173 e. The minimum Gasteiger partial charge on any atom is -0.504 e. The van der Waals surface area contributed by atoms with Crippen LogP contribution in [0.15, 0.2) is 78.3 Å². The van der Waals surface area contributed by atoms with E-state index in [9.17, 15) is 30.0 Å². The van der Waals surface area contributed by atoms with Gasteiger partial charge < -0.3 is 46.5 Å². The van der Waals surface area contributed by atoms with Crippen molar-refractivity contribution in [3.63, 3.8) is 0 Å². The van der Waals surface area contributed by atoms with Gasteiger partial charge in [-0.3, -0.25) is 9.59 Å². The van der Waals surface area contributed by atoms with Gasteiger partial charge in [-0.25, -0.2) is 0 Å². The number of aromatic amines is 1. The first-order chi connectivity index (χ1) is 31.8. The first kappa shape index (κ1) is 49.1. The number of aliphatic hydroxyl groups is 3. The van der Waals surface area contributed by atoms with Gasteiger partial charge in [0.1, 0.15) is 0 Å². The number of ether oxygens (including phenoxy) is 1. The lowest BCUT2D eigenvalue weighted by molar-refractivity contribution is -0.142. The van der Waals surface area contributed by atoms with Crippen LogP contribution in [0.25, 0.3) is 0 Å². The number of carbonyl (C=O) groups is 2. The van der Waals surface area contributed by atoms with Crippen molar-refractivity contribution in [1.29, 1.82) is 0 Å². The second kappa shape index (κ2) is 22.3. The molecule has 3 aliphatic carbocycles. The summed E-state index contributed by atoms with van der Waals surface area (Å²) in [5.41, 5.74) is 11.6. The van der Waals surface area contributed by atoms with Crippen LogP contribution >= 0.6 is 0 Å². The van der Waals surface area contributed by atoms with Crippen LogP contribution in [0, 0.1) is 41.4 Å². The number of aliphatic hydroxyl groups excluding tert-OH is 3. The number of dihydropyridines is 1. The van der Waals surface area contributed by atoms with E-state index >= 15 is 0 Å². The number of hydrogen-bond donors (Lipinski definition) is 8. The Hall–Kier alpha value is -4.86. The Labute approximate surface area is 392 Å². The molecule has 66 heavy (non-hydrogen) atoms. The number of hydrogen-bond acceptors (Lipinski definition) is 10. The van der Waals surface area contributed by atoms with Crippen LogP contribution in [0.5, 0.6) is 11.5 Å². The Bertz CT molecular complexity index is 2250. The van der Waals surface area contributed by atoms with E-state index in [1.807, 2.05) is 36.4 Å². The van der Waals surface area contributed by atoms with Gasteiger partial charge in [-0.15, -0.1) is 0 Å². The third-order valence-electron chi connectivity index (χ3n) is 15.3. The van der Waals surface area contributed by atoms with Crippen molar-refractivity contribution in [2.45, 2.75) is 140 Å². The van der Waals surface area contributed by atoms with Gasteiger partial charge in [-0.05, 0) is 134 Å². The molecule has 10 atom stereocenters. The molecule has 0 spiro atoms. The summed E-state index contributed by atoms with van der Waals surface area (Å²) in [5.74, 6) is 5.32. The standard InChI is InChI=1S/C55H74N4O7/c1-5-12-44(54(65)55(20-10-7-11-21-55)50-29-42(33-59-50)34(2)31-57-32-35(3)60)41-25-37(23-36-19-22-58-51(56)26-36)24-39-15-17-43(38-13-8-6-9-14-38)45-30-48(62)49(66-4)28-40(45)16-18-47(61)53(64)52(63)46(39)27-41/h6,8-9,13-14,19,26,28-30,33-35,37,39,41,43-44,46,53-54,57-60,62,64-65H,5,7,10-12,16,18,20-25,27,31-32,56H2,1-4H3/t34-,35+,37+,39-,41-,43-,44+,46+,53+,54+/m1/s1.